The Morgan fingerprint density at radius 2 is 1.44 bits per heavy atom. The predicted molar refractivity (Wildman–Crippen MR) is 76.4 cm³/mol. The van der Waals surface area contributed by atoms with Gasteiger partial charge < -0.3 is 0 Å². The maximum Gasteiger partial charge on any atom is 0.220 e. The Morgan fingerprint density at radius 1 is 1.00 bits per heavy atom. The van der Waals surface area contributed by atoms with Crippen LogP contribution in [0, 0.1) is 0 Å². The van der Waals surface area contributed by atoms with Gasteiger partial charge in [-0.2, -0.15) is 8.78 Å². The summed E-state index contributed by atoms with van der Waals surface area (Å²) in [5.41, 5.74) is 1.93. The molecule has 0 aliphatic heterocycles. The van der Waals surface area contributed by atoms with Gasteiger partial charge in [-0.25, -0.2) is 0 Å². The van der Waals surface area contributed by atoms with Crippen molar-refractivity contribution in [2.24, 2.45) is 0 Å². The van der Waals surface area contributed by atoms with E-state index in [1.807, 2.05) is 24.3 Å². The molecule has 0 nitrogen and oxygen atoms in total. The summed E-state index contributed by atoms with van der Waals surface area (Å²) in [7, 11) is 0. The van der Waals surface area contributed by atoms with Crippen LogP contribution in [0.2, 0.25) is 0 Å². The van der Waals surface area contributed by atoms with Gasteiger partial charge in [-0.15, -0.1) is 0 Å². The van der Waals surface area contributed by atoms with Crippen LogP contribution < -0.4 is 0 Å². The summed E-state index contributed by atoms with van der Waals surface area (Å²) in [6.45, 7) is 0. The Kier molecular flexibility index (Phi) is 6.41. The third-order valence-electron chi connectivity index (χ3n) is 1.70. The lowest BCUT2D eigenvalue weighted by Gasteiger charge is -2.02. The molecule has 0 N–H and O–H groups in total. The number of rotatable bonds is 4. The van der Waals surface area contributed by atoms with Crippen LogP contribution in [0.25, 0.3) is 0 Å². The minimum atomic E-state index is -0.565. The highest BCUT2D eigenvalue weighted by atomic mass is 32.2. The molecule has 0 aliphatic carbocycles. The lowest BCUT2D eigenvalue weighted by atomic mass is 10.2. The Balaban J connectivity index is 2.56. The van der Waals surface area contributed by atoms with E-state index in [9.17, 15) is 8.78 Å². The molecule has 6 heteroatoms. The summed E-state index contributed by atoms with van der Waals surface area (Å²) >= 11 is 10.6. The first-order valence-corrected chi connectivity index (χ1v) is 7.09. The van der Waals surface area contributed by atoms with Crippen molar-refractivity contribution in [2.75, 3.05) is 0 Å². The molecule has 0 aliphatic rings. The number of thioether (sulfide) groups is 2. The van der Waals surface area contributed by atoms with Crippen LogP contribution in [0.5, 0.6) is 0 Å². The molecule has 0 bridgehead atoms. The van der Waals surface area contributed by atoms with Crippen LogP contribution in [-0.4, -0.2) is 8.90 Å². The van der Waals surface area contributed by atoms with Crippen LogP contribution >= 0.6 is 48.0 Å². The first kappa shape index (κ1) is 14.0. The molecule has 0 aromatic heterocycles. The van der Waals surface area contributed by atoms with Gasteiger partial charge in [-0.3, -0.25) is 0 Å². The van der Waals surface area contributed by atoms with Gasteiger partial charge in [0.25, 0.3) is 0 Å². The fourth-order valence-corrected chi connectivity index (χ4v) is 2.36. The van der Waals surface area contributed by atoms with E-state index < -0.39 is 8.90 Å². The van der Waals surface area contributed by atoms with E-state index in [1.165, 1.54) is 0 Å². The van der Waals surface area contributed by atoms with Crippen molar-refractivity contribution >= 4 is 56.9 Å². The summed E-state index contributed by atoms with van der Waals surface area (Å²) in [6, 6.07) is 7.52. The largest absolute Gasteiger partial charge is 0.220 e. The molecular weight excluding hydrogens is 286 g/mol. The van der Waals surface area contributed by atoms with Crippen LogP contribution in [-0.2, 0) is 11.5 Å². The number of hydrogen-bond acceptors (Lipinski definition) is 4. The second-order valence-electron chi connectivity index (χ2n) is 2.87. The van der Waals surface area contributed by atoms with Crippen molar-refractivity contribution in [3.63, 3.8) is 0 Å². The molecule has 0 unspecified atom stereocenters. The highest BCUT2D eigenvalue weighted by Crippen LogP contribution is 2.19. The molecular formula is C10H8F2S4. The Morgan fingerprint density at radius 3 is 1.81 bits per heavy atom. The summed E-state index contributed by atoms with van der Waals surface area (Å²) in [4.78, 5) is 0. The van der Waals surface area contributed by atoms with Gasteiger partial charge in [0.2, 0.25) is 8.90 Å². The lowest BCUT2D eigenvalue weighted by molar-refractivity contribution is 0.852. The van der Waals surface area contributed by atoms with E-state index in [2.05, 4.69) is 24.4 Å². The van der Waals surface area contributed by atoms with E-state index in [1.54, 1.807) is 0 Å². The van der Waals surface area contributed by atoms with E-state index in [0.717, 1.165) is 34.7 Å². The summed E-state index contributed by atoms with van der Waals surface area (Å²) in [5.74, 6) is 0.988. The zero-order valence-corrected chi connectivity index (χ0v) is 11.4. The van der Waals surface area contributed by atoms with Crippen LogP contribution in [0.1, 0.15) is 11.1 Å². The van der Waals surface area contributed by atoms with Crippen molar-refractivity contribution in [3.05, 3.63) is 35.4 Å². The summed E-state index contributed by atoms with van der Waals surface area (Å²) in [6.07, 6.45) is 0. The molecule has 0 radical (unpaired) electrons. The van der Waals surface area contributed by atoms with Crippen molar-refractivity contribution in [1.82, 2.24) is 0 Å². The lowest BCUT2D eigenvalue weighted by Crippen LogP contribution is -1.87. The number of halogens is 2. The predicted octanol–water partition coefficient (Wildman–Crippen LogP) is 4.66. The van der Waals surface area contributed by atoms with Gasteiger partial charge in [0, 0.05) is 11.5 Å². The topological polar surface area (TPSA) is 0 Å². The first-order valence-electron chi connectivity index (χ1n) is 4.30. The molecule has 0 spiro atoms. The minimum absolute atomic E-state index is 0.494. The van der Waals surface area contributed by atoms with Gasteiger partial charge in [0.05, 0.1) is 0 Å². The Bertz CT molecular complexity index is 359. The van der Waals surface area contributed by atoms with Crippen LogP contribution in [0.3, 0.4) is 0 Å². The smallest absolute Gasteiger partial charge is 0.186 e. The molecule has 1 rings (SSSR count). The average molecular weight is 294 g/mol. The van der Waals surface area contributed by atoms with Crippen molar-refractivity contribution in [2.45, 2.75) is 11.5 Å². The fraction of sp³-hybridized carbons (Fsp3) is 0.200. The minimum Gasteiger partial charge on any atom is -0.186 e. The van der Waals surface area contributed by atoms with Crippen molar-refractivity contribution in [3.8, 4) is 0 Å². The van der Waals surface area contributed by atoms with E-state index >= 15 is 0 Å². The molecule has 0 amide bonds. The van der Waals surface area contributed by atoms with Gasteiger partial charge >= 0.3 is 0 Å². The fourth-order valence-electron chi connectivity index (χ4n) is 1.09. The first-order chi connectivity index (χ1) is 7.58. The maximum atomic E-state index is 12.4. The maximum absolute atomic E-state index is 12.4. The second-order valence-corrected chi connectivity index (χ2v) is 5.98. The highest BCUT2D eigenvalue weighted by molar-refractivity contribution is 8.22. The molecule has 0 heterocycles. The highest BCUT2D eigenvalue weighted by Gasteiger charge is 2.01. The molecule has 0 fully saturated rings. The number of hydrogen-bond donors (Lipinski definition) is 0. The molecule has 0 saturated heterocycles. The normalized spacial score (nSPS) is 10.1. The molecule has 16 heavy (non-hydrogen) atoms. The van der Waals surface area contributed by atoms with E-state index in [0.29, 0.717) is 11.5 Å². The number of thiocarbonyl (C=S) groups is 2. The third kappa shape index (κ3) is 5.89. The second kappa shape index (κ2) is 7.32. The molecule has 1 aromatic rings. The summed E-state index contributed by atoms with van der Waals surface area (Å²) < 4.78 is 23.6. The molecule has 1 aromatic carbocycles. The molecule has 86 valence electrons. The Labute approximate surface area is 112 Å². The zero-order chi connectivity index (χ0) is 12.0. The standard InChI is InChI=1S/C10H8F2S4/c11-9(13)15-5-7-2-1-3-8(4-7)6-16-10(12)14/h1-4H,5-6H2. The van der Waals surface area contributed by atoms with E-state index in [4.69, 9.17) is 0 Å². The van der Waals surface area contributed by atoms with Gasteiger partial charge in [-0.1, -0.05) is 47.8 Å². The van der Waals surface area contributed by atoms with Gasteiger partial charge in [0.15, 0.2) is 0 Å². The van der Waals surface area contributed by atoms with E-state index in [-0.39, 0.29) is 0 Å². The number of benzene rings is 1. The van der Waals surface area contributed by atoms with Gasteiger partial charge in [-0.05, 0) is 35.6 Å². The van der Waals surface area contributed by atoms with Crippen LogP contribution in [0.4, 0.5) is 8.78 Å². The zero-order valence-electron chi connectivity index (χ0n) is 8.11. The van der Waals surface area contributed by atoms with Crippen molar-refractivity contribution < 1.29 is 8.78 Å². The molecule has 0 saturated carbocycles. The molecule has 0 atom stereocenters. The van der Waals surface area contributed by atoms with Crippen LogP contribution in [0.15, 0.2) is 24.3 Å². The Hall–Kier alpha value is -0.0400. The third-order valence-corrected chi connectivity index (χ3v) is 3.81. The monoisotopic (exact) mass is 294 g/mol. The summed E-state index contributed by atoms with van der Waals surface area (Å²) in [5, 5.41) is 0. The quantitative estimate of drug-likeness (QED) is 0.584. The average Bonchev–Trinajstić information content (AvgIpc) is 2.24. The SMILES string of the molecule is FC(=S)SCc1cccc(CSC(F)=S)c1. The van der Waals surface area contributed by atoms with Crippen molar-refractivity contribution in [1.29, 1.82) is 0 Å². The van der Waals surface area contributed by atoms with Gasteiger partial charge in [0.1, 0.15) is 0 Å².